The molecule has 0 aromatic heterocycles. The number of rotatable bonds is 8. The number of nitrogens with one attached hydrogen (secondary N) is 2. The highest BCUT2D eigenvalue weighted by Gasteiger charge is 2.30. The van der Waals surface area contributed by atoms with Gasteiger partial charge in [0.2, 0.25) is 5.91 Å². The number of amides is 2. The quantitative estimate of drug-likeness (QED) is 0.540. The summed E-state index contributed by atoms with van der Waals surface area (Å²) < 4.78 is 5.60. The fraction of sp³-hybridized carbons (Fsp3) is 0.444. The number of aliphatic carboxylic acids is 1. The van der Waals surface area contributed by atoms with E-state index in [0.717, 1.165) is 25.7 Å². The summed E-state index contributed by atoms with van der Waals surface area (Å²) in [6.07, 6.45) is 2.67. The van der Waals surface area contributed by atoms with Gasteiger partial charge in [-0.2, -0.15) is 0 Å². The molecule has 2 aromatic carbocycles. The van der Waals surface area contributed by atoms with Crippen LogP contribution in [0, 0.1) is 11.8 Å². The highest BCUT2D eigenvalue weighted by atomic mass is 16.5. The number of carboxylic acids is 1. The van der Waals surface area contributed by atoms with Gasteiger partial charge >= 0.3 is 12.1 Å². The minimum atomic E-state index is -0.921. The molecule has 4 rings (SSSR count). The first kappa shape index (κ1) is 23.8. The Morgan fingerprint density at radius 2 is 1.56 bits per heavy atom. The molecule has 7 heteroatoms. The Morgan fingerprint density at radius 3 is 2.15 bits per heavy atom. The first-order valence-corrected chi connectivity index (χ1v) is 12.0. The van der Waals surface area contributed by atoms with Crippen LogP contribution in [0.2, 0.25) is 0 Å². The monoisotopic (exact) mass is 464 g/mol. The largest absolute Gasteiger partial charge is 0.481 e. The van der Waals surface area contributed by atoms with E-state index < -0.39 is 12.1 Å². The van der Waals surface area contributed by atoms with Crippen LogP contribution in [-0.4, -0.2) is 42.3 Å². The van der Waals surface area contributed by atoms with Gasteiger partial charge in [-0.15, -0.1) is 0 Å². The van der Waals surface area contributed by atoms with Crippen molar-refractivity contribution < 1.29 is 24.2 Å². The molecule has 1 fully saturated rings. The second-order valence-corrected chi connectivity index (χ2v) is 9.43. The Hall–Kier alpha value is -3.35. The normalized spacial score (nSPS) is 20.0. The van der Waals surface area contributed by atoms with Crippen LogP contribution in [-0.2, 0) is 14.3 Å². The topological polar surface area (TPSA) is 105 Å². The number of carbonyl (C=O) groups excluding carboxylic acids is 2. The molecule has 3 N–H and O–H groups in total. The molecule has 34 heavy (non-hydrogen) atoms. The lowest BCUT2D eigenvalue weighted by Crippen LogP contribution is -2.40. The molecule has 0 aliphatic heterocycles. The van der Waals surface area contributed by atoms with Gasteiger partial charge in [0, 0.05) is 24.4 Å². The van der Waals surface area contributed by atoms with E-state index in [2.05, 4.69) is 34.9 Å². The van der Waals surface area contributed by atoms with E-state index in [9.17, 15) is 14.4 Å². The summed E-state index contributed by atoms with van der Waals surface area (Å²) in [7, 11) is 0. The number of carboxylic acid groups (broad SMARTS) is 1. The Kier molecular flexibility index (Phi) is 7.50. The van der Waals surface area contributed by atoms with Crippen LogP contribution in [0.25, 0.3) is 11.1 Å². The zero-order valence-corrected chi connectivity index (χ0v) is 19.5. The van der Waals surface area contributed by atoms with E-state index in [-0.39, 0.29) is 30.2 Å². The van der Waals surface area contributed by atoms with Gasteiger partial charge in [-0.05, 0) is 60.8 Å². The zero-order valence-electron chi connectivity index (χ0n) is 19.5. The van der Waals surface area contributed by atoms with E-state index in [1.807, 2.05) is 24.3 Å². The lowest BCUT2D eigenvalue weighted by atomic mass is 9.81. The van der Waals surface area contributed by atoms with Crippen LogP contribution in [0.15, 0.2) is 48.5 Å². The third kappa shape index (κ3) is 5.58. The zero-order chi connectivity index (χ0) is 24.1. The summed E-state index contributed by atoms with van der Waals surface area (Å²) in [6, 6.07) is 16.1. The standard InChI is InChI=1S/C27H32N2O5/c1-17(14-25(30)31)29-26(32)19-12-10-18(11-13-19)15-28-27(33)34-16-24-22-8-4-2-6-20(22)21-7-3-5-9-23(21)24/h2-9,17-19,24H,10-16H2,1H3,(H,28,33)(H,29,32)(H,30,31). The first-order chi connectivity index (χ1) is 16.4. The summed E-state index contributed by atoms with van der Waals surface area (Å²) >= 11 is 0. The average Bonchev–Trinajstić information content (AvgIpc) is 3.15. The Balaban J connectivity index is 1.20. The molecule has 2 amide bonds. The van der Waals surface area contributed by atoms with Crippen LogP contribution < -0.4 is 10.6 Å². The van der Waals surface area contributed by atoms with Crippen molar-refractivity contribution in [2.45, 2.75) is 51.0 Å². The molecule has 0 spiro atoms. The fourth-order valence-electron chi connectivity index (χ4n) is 5.18. The van der Waals surface area contributed by atoms with Crippen molar-refractivity contribution in [2.24, 2.45) is 11.8 Å². The third-order valence-corrected chi connectivity index (χ3v) is 6.97. The number of hydrogen-bond donors (Lipinski definition) is 3. The van der Waals surface area contributed by atoms with Crippen molar-refractivity contribution in [1.29, 1.82) is 0 Å². The second-order valence-electron chi connectivity index (χ2n) is 9.43. The number of benzene rings is 2. The predicted octanol–water partition coefficient (Wildman–Crippen LogP) is 4.31. The summed E-state index contributed by atoms with van der Waals surface area (Å²) in [5.74, 6) is -0.744. The molecule has 1 atom stereocenters. The maximum absolute atomic E-state index is 12.4. The molecule has 2 aliphatic rings. The summed E-state index contributed by atoms with van der Waals surface area (Å²) in [5.41, 5.74) is 4.77. The number of ether oxygens (including phenoxy) is 1. The molecule has 0 heterocycles. The van der Waals surface area contributed by atoms with E-state index in [4.69, 9.17) is 9.84 Å². The number of alkyl carbamates (subject to hydrolysis) is 1. The predicted molar refractivity (Wildman–Crippen MR) is 128 cm³/mol. The van der Waals surface area contributed by atoms with Crippen LogP contribution in [0.1, 0.15) is 56.1 Å². The van der Waals surface area contributed by atoms with Gasteiger partial charge in [0.15, 0.2) is 0 Å². The molecule has 0 saturated heterocycles. The summed E-state index contributed by atoms with van der Waals surface area (Å²) in [6.45, 7) is 2.53. The second kappa shape index (κ2) is 10.7. The van der Waals surface area contributed by atoms with Gasteiger partial charge in [-0.25, -0.2) is 4.79 Å². The lowest BCUT2D eigenvalue weighted by molar-refractivity contribution is -0.137. The highest BCUT2D eigenvalue weighted by Crippen LogP contribution is 2.44. The first-order valence-electron chi connectivity index (χ1n) is 12.0. The van der Waals surface area contributed by atoms with Crippen molar-refractivity contribution in [1.82, 2.24) is 10.6 Å². The van der Waals surface area contributed by atoms with Crippen molar-refractivity contribution >= 4 is 18.0 Å². The molecule has 180 valence electrons. The minimum absolute atomic E-state index is 0.0376. The molecule has 0 radical (unpaired) electrons. The van der Waals surface area contributed by atoms with Gasteiger partial charge in [0.05, 0.1) is 6.42 Å². The molecular weight excluding hydrogens is 432 g/mol. The average molecular weight is 465 g/mol. The van der Waals surface area contributed by atoms with Gasteiger partial charge in [-0.3, -0.25) is 9.59 Å². The van der Waals surface area contributed by atoms with Crippen molar-refractivity contribution in [3.05, 3.63) is 59.7 Å². The van der Waals surface area contributed by atoms with Crippen LogP contribution in [0.5, 0.6) is 0 Å². The molecule has 7 nitrogen and oxygen atoms in total. The summed E-state index contributed by atoms with van der Waals surface area (Å²) in [5, 5.41) is 14.5. The molecule has 2 aliphatic carbocycles. The van der Waals surface area contributed by atoms with Crippen LogP contribution in [0.3, 0.4) is 0 Å². The smallest absolute Gasteiger partial charge is 0.407 e. The third-order valence-electron chi connectivity index (χ3n) is 6.97. The van der Waals surface area contributed by atoms with Crippen molar-refractivity contribution in [3.63, 3.8) is 0 Å². The Labute approximate surface area is 199 Å². The van der Waals surface area contributed by atoms with Gasteiger partial charge in [0.25, 0.3) is 0 Å². The minimum Gasteiger partial charge on any atom is -0.481 e. The Bertz CT molecular complexity index is 999. The maximum Gasteiger partial charge on any atom is 0.407 e. The fourth-order valence-corrected chi connectivity index (χ4v) is 5.18. The van der Waals surface area contributed by atoms with E-state index in [0.29, 0.717) is 19.1 Å². The van der Waals surface area contributed by atoms with E-state index >= 15 is 0 Å². The van der Waals surface area contributed by atoms with Crippen LogP contribution >= 0.6 is 0 Å². The molecule has 2 aromatic rings. The lowest BCUT2D eigenvalue weighted by Gasteiger charge is -2.28. The highest BCUT2D eigenvalue weighted by molar-refractivity contribution is 5.80. The van der Waals surface area contributed by atoms with Gasteiger partial charge in [0.1, 0.15) is 6.61 Å². The molecular formula is C27H32N2O5. The van der Waals surface area contributed by atoms with Crippen LogP contribution in [0.4, 0.5) is 4.79 Å². The Morgan fingerprint density at radius 1 is 0.971 bits per heavy atom. The van der Waals surface area contributed by atoms with Gasteiger partial charge in [-0.1, -0.05) is 48.5 Å². The van der Waals surface area contributed by atoms with Crippen molar-refractivity contribution in [2.75, 3.05) is 13.2 Å². The van der Waals surface area contributed by atoms with E-state index in [1.165, 1.54) is 22.3 Å². The number of carbonyl (C=O) groups is 3. The van der Waals surface area contributed by atoms with E-state index in [1.54, 1.807) is 6.92 Å². The molecule has 1 saturated carbocycles. The SMILES string of the molecule is CC(CC(=O)O)NC(=O)C1CCC(CNC(=O)OCC2c3ccccc3-c3ccccc32)CC1. The van der Waals surface area contributed by atoms with Gasteiger partial charge < -0.3 is 20.5 Å². The molecule has 0 bridgehead atoms. The number of fused-ring (bicyclic) bond motifs is 3. The summed E-state index contributed by atoms with van der Waals surface area (Å²) in [4.78, 5) is 35.5. The molecule has 1 unspecified atom stereocenters. The maximum atomic E-state index is 12.4. The van der Waals surface area contributed by atoms with Crippen molar-refractivity contribution in [3.8, 4) is 11.1 Å². The number of hydrogen-bond acceptors (Lipinski definition) is 4.